The van der Waals surface area contributed by atoms with Crippen molar-refractivity contribution < 1.29 is 38.9 Å². The molecular formula is C10H16O8. The van der Waals surface area contributed by atoms with E-state index in [4.69, 9.17) is 4.74 Å². The third-order valence-electron chi connectivity index (χ3n) is 2.31. The molecule has 1 rings (SSSR count). The Kier molecular flexibility index (Phi) is 6.89. The molecule has 104 valence electrons. The molecule has 0 heterocycles. The van der Waals surface area contributed by atoms with Crippen molar-refractivity contribution in [3.63, 3.8) is 0 Å². The van der Waals surface area contributed by atoms with Crippen molar-refractivity contribution >= 4 is 12.3 Å². The molecule has 0 atom stereocenters. The van der Waals surface area contributed by atoms with Gasteiger partial charge < -0.3 is 9.47 Å². The van der Waals surface area contributed by atoms with Gasteiger partial charge >= 0.3 is 12.3 Å². The van der Waals surface area contributed by atoms with Gasteiger partial charge in [0.25, 0.3) is 0 Å². The fraction of sp³-hybridized carbons (Fsp3) is 0.800. The van der Waals surface area contributed by atoms with E-state index in [1.807, 2.05) is 0 Å². The first-order valence-electron chi connectivity index (χ1n) is 5.77. The minimum Gasteiger partial charge on any atom is -0.433 e. The highest BCUT2D eigenvalue weighted by molar-refractivity contribution is 5.59. The lowest BCUT2D eigenvalue weighted by Gasteiger charge is -2.20. The van der Waals surface area contributed by atoms with Crippen LogP contribution in [0.2, 0.25) is 0 Å². The van der Waals surface area contributed by atoms with E-state index in [1.165, 1.54) is 0 Å². The Morgan fingerprint density at radius 2 is 1.61 bits per heavy atom. The van der Waals surface area contributed by atoms with Crippen molar-refractivity contribution in [1.82, 2.24) is 0 Å². The van der Waals surface area contributed by atoms with Crippen LogP contribution in [0.1, 0.15) is 39.0 Å². The van der Waals surface area contributed by atoms with E-state index in [1.54, 1.807) is 6.92 Å². The number of ether oxygens (including phenoxy) is 2. The molecule has 0 amide bonds. The molecule has 1 saturated carbocycles. The Hall–Kier alpha value is -1.54. The molecule has 0 spiro atoms. The summed E-state index contributed by atoms with van der Waals surface area (Å²) in [4.78, 5) is 29.6. The number of rotatable bonds is 5. The molecule has 0 aromatic rings. The quantitative estimate of drug-likeness (QED) is 0.323. The van der Waals surface area contributed by atoms with Crippen LogP contribution in [-0.4, -0.2) is 25.0 Å². The maximum atomic E-state index is 11.1. The van der Waals surface area contributed by atoms with Crippen LogP contribution in [0.25, 0.3) is 0 Å². The number of carbonyl (C=O) groups excluding carboxylic acids is 2. The minimum absolute atomic E-state index is 0.118. The molecule has 0 saturated heterocycles. The predicted molar refractivity (Wildman–Crippen MR) is 54.7 cm³/mol. The van der Waals surface area contributed by atoms with Crippen LogP contribution in [0.5, 0.6) is 0 Å². The molecular weight excluding hydrogens is 248 g/mol. The van der Waals surface area contributed by atoms with Crippen molar-refractivity contribution in [3.05, 3.63) is 0 Å². The molecule has 18 heavy (non-hydrogen) atoms. The van der Waals surface area contributed by atoms with Crippen LogP contribution in [0.4, 0.5) is 9.59 Å². The van der Waals surface area contributed by atoms with Crippen LogP contribution in [0.15, 0.2) is 0 Å². The molecule has 0 N–H and O–H groups in total. The SMILES string of the molecule is CCOC(=O)OOOOC(=O)OC1CCCCC1. The van der Waals surface area contributed by atoms with Crippen molar-refractivity contribution in [2.45, 2.75) is 45.1 Å². The zero-order valence-electron chi connectivity index (χ0n) is 10.1. The lowest BCUT2D eigenvalue weighted by Crippen LogP contribution is -2.21. The highest BCUT2D eigenvalue weighted by Gasteiger charge is 2.19. The van der Waals surface area contributed by atoms with Crippen LogP contribution in [-0.2, 0) is 29.3 Å². The maximum Gasteiger partial charge on any atom is 0.543 e. The molecule has 0 aliphatic heterocycles. The second-order valence-corrected chi connectivity index (χ2v) is 3.61. The number of hydrogen-bond acceptors (Lipinski definition) is 8. The largest absolute Gasteiger partial charge is 0.543 e. The number of hydrogen-bond donors (Lipinski definition) is 0. The molecule has 0 unspecified atom stereocenters. The second-order valence-electron chi connectivity index (χ2n) is 3.61. The molecule has 1 aliphatic rings. The number of carbonyl (C=O) groups is 2. The van der Waals surface area contributed by atoms with Crippen molar-refractivity contribution in [2.75, 3.05) is 6.61 Å². The fourth-order valence-corrected chi connectivity index (χ4v) is 1.56. The van der Waals surface area contributed by atoms with Crippen LogP contribution in [0.3, 0.4) is 0 Å². The average Bonchev–Trinajstić information content (AvgIpc) is 2.36. The standard InChI is InChI=1S/C10H16O8/c1-2-13-9(11)15-17-18-16-10(12)14-8-6-4-3-5-7-8/h8H,2-7H2,1H3. The van der Waals surface area contributed by atoms with Crippen LogP contribution >= 0.6 is 0 Å². The van der Waals surface area contributed by atoms with E-state index in [2.05, 4.69) is 24.6 Å². The molecule has 0 radical (unpaired) electrons. The third kappa shape index (κ3) is 6.26. The maximum absolute atomic E-state index is 11.1. The molecule has 0 aromatic carbocycles. The van der Waals surface area contributed by atoms with E-state index >= 15 is 0 Å². The molecule has 1 fully saturated rings. The Morgan fingerprint density at radius 1 is 1.00 bits per heavy atom. The van der Waals surface area contributed by atoms with Gasteiger partial charge in [-0.1, -0.05) is 6.42 Å². The van der Waals surface area contributed by atoms with Gasteiger partial charge in [0.1, 0.15) is 6.10 Å². The van der Waals surface area contributed by atoms with E-state index < -0.39 is 12.3 Å². The highest BCUT2D eigenvalue weighted by Crippen LogP contribution is 2.20. The monoisotopic (exact) mass is 264 g/mol. The van der Waals surface area contributed by atoms with Gasteiger partial charge in [0, 0.05) is 10.1 Å². The summed E-state index contributed by atoms with van der Waals surface area (Å²) < 4.78 is 9.24. The zero-order chi connectivity index (χ0) is 13.2. The van der Waals surface area contributed by atoms with E-state index in [0.717, 1.165) is 32.1 Å². The molecule has 1 aliphatic carbocycles. The summed E-state index contributed by atoms with van der Waals surface area (Å²) in [6, 6.07) is 0. The van der Waals surface area contributed by atoms with Gasteiger partial charge in [0.05, 0.1) is 6.61 Å². The molecule has 0 aromatic heterocycles. The zero-order valence-corrected chi connectivity index (χ0v) is 10.1. The Labute approximate surface area is 104 Å². The van der Waals surface area contributed by atoms with E-state index in [0.29, 0.717) is 0 Å². The molecule has 8 nitrogen and oxygen atoms in total. The third-order valence-corrected chi connectivity index (χ3v) is 2.31. The predicted octanol–water partition coefficient (Wildman–Crippen LogP) is 2.42. The molecule has 8 heteroatoms. The lowest BCUT2D eigenvalue weighted by atomic mass is 9.98. The minimum atomic E-state index is -1.11. The van der Waals surface area contributed by atoms with Gasteiger partial charge in [-0.15, -0.1) is 0 Å². The molecule has 0 bridgehead atoms. The van der Waals surface area contributed by atoms with Crippen molar-refractivity contribution in [2.24, 2.45) is 0 Å². The Balaban J connectivity index is 2.01. The summed E-state index contributed by atoms with van der Waals surface area (Å²) in [5.41, 5.74) is 0. The van der Waals surface area contributed by atoms with Gasteiger partial charge in [-0.2, -0.15) is 0 Å². The normalized spacial score (nSPS) is 15.8. The van der Waals surface area contributed by atoms with Crippen molar-refractivity contribution in [3.8, 4) is 0 Å². The first-order valence-corrected chi connectivity index (χ1v) is 5.77. The summed E-state index contributed by atoms with van der Waals surface area (Å²) in [6.45, 7) is 1.70. The van der Waals surface area contributed by atoms with Crippen molar-refractivity contribution in [1.29, 1.82) is 0 Å². The summed E-state index contributed by atoms with van der Waals surface area (Å²) in [5, 5.41) is 7.67. The van der Waals surface area contributed by atoms with E-state index in [-0.39, 0.29) is 12.7 Å². The van der Waals surface area contributed by atoms with Gasteiger partial charge in [-0.3, -0.25) is 0 Å². The summed E-state index contributed by atoms with van der Waals surface area (Å²) >= 11 is 0. The fourth-order valence-electron chi connectivity index (χ4n) is 1.56. The first kappa shape index (κ1) is 14.5. The van der Waals surface area contributed by atoms with Crippen LogP contribution in [0, 0.1) is 0 Å². The lowest BCUT2D eigenvalue weighted by molar-refractivity contribution is -0.601. The summed E-state index contributed by atoms with van der Waals surface area (Å²) in [5.74, 6) is 0. The first-order chi connectivity index (χ1) is 8.72. The van der Waals surface area contributed by atoms with Gasteiger partial charge in [0.2, 0.25) is 0 Å². The highest BCUT2D eigenvalue weighted by atomic mass is 17.7. The Morgan fingerprint density at radius 3 is 2.22 bits per heavy atom. The smallest absolute Gasteiger partial charge is 0.433 e. The second kappa shape index (κ2) is 8.54. The van der Waals surface area contributed by atoms with Gasteiger partial charge in [-0.05, 0) is 32.6 Å². The topological polar surface area (TPSA) is 89.5 Å². The van der Waals surface area contributed by atoms with E-state index in [9.17, 15) is 9.59 Å². The van der Waals surface area contributed by atoms with Gasteiger partial charge in [0.15, 0.2) is 0 Å². The average molecular weight is 264 g/mol. The summed E-state index contributed by atoms with van der Waals surface area (Å²) in [7, 11) is 0. The van der Waals surface area contributed by atoms with Crippen LogP contribution < -0.4 is 0 Å². The van der Waals surface area contributed by atoms with Gasteiger partial charge in [-0.25, -0.2) is 19.4 Å². The Bertz CT molecular complexity index is 261. The summed E-state index contributed by atoms with van der Waals surface area (Å²) in [6.07, 6.45) is 2.45.